The molecule has 2 saturated heterocycles. The first-order valence-electron chi connectivity index (χ1n) is 6.17. The molecule has 1 N–H and O–H groups in total. The number of piperazine rings is 1. The molecule has 0 aromatic carbocycles. The van der Waals surface area contributed by atoms with Crippen molar-refractivity contribution in [1.29, 1.82) is 0 Å². The molecule has 2 nitrogen and oxygen atoms in total. The Morgan fingerprint density at radius 2 is 2.20 bits per heavy atom. The molecule has 0 aliphatic carbocycles. The van der Waals surface area contributed by atoms with Crippen molar-refractivity contribution < 1.29 is 0 Å². The first-order valence-corrected chi connectivity index (χ1v) is 7.32. The SMILES string of the molecule is CC1CNC(C)(C)CN1C1CCCSC1. The zero-order valence-corrected chi connectivity index (χ0v) is 11.1. The number of thioether (sulfide) groups is 1. The van der Waals surface area contributed by atoms with Crippen LogP contribution in [-0.2, 0) is 0 Å². The molecule has 0 saturated carbocycles. The van der Waals surface area contributed by atoms with E-state index < -0.39 is 0 Å². The van der Waals surface area contributed by atoms with E-state index in [1.165, 1.54) is 30.9 Å². The third-order valence-corrected chi connectivity index (χ3v) is 4.82. The predicted octanol–water partition coefficient (Wildman–Crippen LogP) is 1.95. The Labute approximate surface area is 98.2 Å². The number of rotatable bonds is 1. The lowest BCUT2D eigenvalue weighted by Crippen LogP contribution is -2.63. The highest BCUT2D eigenvalue weighted by atomic mass is 32.2. The van der Waals surface area contributed by atoms with Crippen LogP contribution in [-0.4, -0.2) is 47.1 Å². The highest BCUT2D eigenvalue weighted by molar-refractivity contribution is 7.99. The van der Waals surface area contributed by atoms with Crippen molar-refractivity contribution in [3.63, 3.8) is 0 Å². The summed E-state index contributed by atoms with van der Waals surface area (Å²) in [4.78, 5) is 2.74. The minimum absolute atomic E-state index is 0.300. The minimum atomic E-state index is 0.300. The van der Waals surface area contributed by atoms with Gasteiger partial charge >= 0.3 is 0 Å². The average molecular weight is 228 g/mol. The number of nitrogens with zero attached hydrogens (tertiary/aromatic N) is 1. The molecule has 2 aliphatic rings. The zero-order valence-electron chi connectivity index (χ0n) is 10.3. The molecule has 2 aliphatic heterocycles. The summed E-state index contributed by atoms with van der Waals surface area (Å²) in [6.07, 6.45) is 2.82. The van der Waals surface area contributed by atoms with Crippen molar-refractivity contribution in [3.8, 4) is 0 Å². The van der Waals surface area contributed by atoms with Gasteiger partial charge in [-0.3, -0.25) is 4.90 Å². The predicted molar refractivity (Wildman–Crippen MR) is 68.6 cm³/mol. The van der Waals surface area contributed by atoms with Crippen molar-refractivity contribution >= 4 is 11.8 Å². The fourth-order valence-electron chi connectivity index (χ4n) is 2.68. The van der Waals surface area contributed by atoms with Gasteiger partial charge in [0.25, 0.3) is 0 Å². The summed E-state index contributed by atoms with van der Waals surface area (Å²) in [5.74, 6) is 2.72. The Kier molecular flexibility index (Phi) is 3.63. The van der Waals surface area contributed by atoms with E-state index in [0.717, 1.165) is 12.6 Å². The smallest absolute Gasteiger partial charge is 0.0253 e. The van der Waals surface area contributed by atoms with Crippen molar-refractivity contribution in [3.05, 3.63) is 0 Å². The van der Waals surface area contributed by atoms with Gasteiger partial charge in [-0.2, -0.15) is 11.8 Å². The maximum absolute atomic E-state index is 3.63. The molecule has 88 valence electrons. The first kappa shape index (κ1) is 11.7. The summed E-state index contributed by atoms with van der Waals surface area (Å²) in [6, 6.07) is 1.54. The van der Waals surface area contributed by atoms with Crippen LogP contribution in [0.5, 0.6) is 0 Å². The van der Waals surface area contributed by atoms with Gasteiger partial charge in [-0.25, -0.2) is 0 Å². The Hall–Kier alpha value is 0.270. The van der Waals surface area contributed by atoms with Crippen LogP contribution < -0.4 is 5.32 Å². The number of hydrogen-bond donors (Lipinski definition) is 1. The molecule has 2 heterocycles. The van der Waals surface area contributed by atoms with E-state index in [4.69, 9.17) is 0 Å². The number of hydrogen-bond acceptors (Lipinski definition) is 3. The molecule has 0 aromatic rings. The Morgan fingerprint density at radius 3 is 2.87 bits per heavy atom. The van der Waals surface area contributed by atoms with Crippen LogP contribution in [0.4, 0.5) is 0 Å². The molecule has 2 rings (SSSR count). The Morgan fingerprint density at radius 1 is 1.40 bits per heavy atom. The third-order valence-electron chi connectivity index (χ3n) is 3.63. The molecule has 0 bridgehead atoms. The Balaban J connectivity index is 1.98. The van der Waals surface area contributed by atoms with E-state index in [9.17, 15) is 0 Å². The van der Waals surface area contributed by atoms with Crippen molar-refractivity contribution in [1.82, 2.24) is 10.2 Å². The molecule has 15 heavy (non-hydrogen) atoms. The molecule has 2 fully saturated rings. The Bertz CT molecular complexity index is 212. The van der Waals surface area contributed by atoms with E-state index in [-0.39, 0.29) is 0 Å². The maximum atomic E-state index is 3.63. The van der Waals surface area contributed by atoms with Crippen molar-refractivity contribution in [2.45, 2.75) is 51.2 Å². The maximum Gasteiger partial charge on any atom is 0.0253 e. The van der Waals surface area contributed by atoms with E-state index in [1.54, 1.807) is 0 Å². The summed E-state index contributed by atoms with van der Waals surface area (Å²) in [5.41, 5.74) is 0.300. The monoisotopic (exact) mass is 228 g/mol. The second-order valence-corrected chi connectivity index (χ2v) is 6.81. The summed E-state index contributed by atoms with van der Waals surface area (Å²) in [6.45, 7) is 9.36. The fourth-order valence-corrected chi connectivity index (χ4v) is 3.85. The van der Waals surface area contributed by atoms with Crippen LogP contribution in [0.3, 0.4) is 0 Å². The van der Waals surface area contributed by atoms with Crippen LogP contribution in [0.15, 0.2) is 0 Å². The van der Waals surface area contributed by atoms with Gasteiger partial charge in [0.2, 0.25) is 0 Å². The molecule has 2 unspecified atom stereocenters. The molecule has 0 aromatic heterocycles. The topological polar surface area (TPSA) is 15.3 Å². The molecule has 3 heteroatoms. The van der Waals surface area contributed by atoms with E-state index >= 15 is 0 Å². The highest BCUT2D eigenvalue weighted by Gasteiger charge is 2.34. The van der Waals surface area contributed by atoms with Crippen LogP contribution >= 0.6 is 11.8 Å². The third kappa shape index (κ3) is 2.89. The fraction of sp³-hybridized carbons (Fsp3) is 1.00. The summed E-state index contributed by atoms with van der Waals surface area (Å²) in [5, 5.41) is 3.63. The van der Waals surface area contributed by atoms with Gasteiger partial charge in [0, 0.05) is 36.5 Å². The van der Waals surface area contributed by atoms with E-state index in [2.05, 4.69) is 42.7 Å². The molecular formula is C12H24N2S. The van der Waals surface area contributed by atoms with Crippen molar-refractivity contribution in [2.24, 2.45) is 0 Å². The first-order chi connectivity index (χ1) is 7.08. The molecular weight excluding hydrogens is 204 g/mol. The quantitative estimate of drug-likeness (QED) is 0.738. The number of nitrogens with one attached hydrogen (secondary N) is 1. The van der Waals surface area contributed by atoms with Gasteiger partial charge in [-0.05, 0) is 39.4 Å². The van der Waals surface area contributed by atoms with E-state index in [0.29, 0.717) is 11.6 Å². The minimum Gasteiger partial charge on any atom is -0.309 e. The second kappa shape index (κ2) is 4.64. The van der Waals surface area contributed by atoms with Gasteiger partial charge in [-0.15, -0.1) is 0 Å². The molecule has 0 radical (unpaired) electrons. The standard InChI is InChI=1S/C12H24N2S/c1-10-7-13-12(2,3)9-14(10)11-5-4-6-15-8-11/h10-11,13H,4-9H2,1-3H3. The largest absolute Gasteiger partial charge is 0.309 e. The average Bonchev–Trinajstić information content (AvgIpc) is 2.23. The van der Waals surface area contributed by atoms with Gasteiger partial charge < -0.3 is 5.32 Å². The summed E-state index contributed by atoms with van der Waals surface area (Å²) < 4.78 is 0. The lowest BCUT2D eigenvalue weighted by Gasteiger charge is -2.47. The van der Waals surface area contributed by atoms with Crippen LogP contribution in [0.1, 0.15) is 33.6 Å². The molecule has 0 spiro atoms. The van der Waals surface area contributed by atoms with Gasteiger partial charge in [-0.1, -0.05) is 0 Å². The second-order valence-electron chi connectivity index (χ2n) is 5.66. The van der Waals surface area contributed by atoms with Crippen LogP contribution in [0.2, 0.25) is 0 Å². The lowest BCUT2D eigenvalue weighted by molar-refractivity contribution is 0.0663. The van der Waals surface area contributed by atoms with Gasteiger partial charge in [0.1, 0.15) is 0 Å². The normalized spacial score (nSPS) is 37.8. The molecule has 2 atom stereocenters. The highest BCUT2D eigenvalue weighted by Crippen LogP contribution is 2.26. The van der Waals surface area contributed by atoms with Gasteiger partial charge in [0.05, 0.1) is 0 Å². The van der Waals surface area contributed by atoms with Crippen molar-refractivity contribution in [2.75, 3.05) is 24.6 Å². The molecule has 0 amide bonds. The van der Waals surface area contributed by atoms with Crippen LogP contribution in [0, 0.1) is 0 Å². The zero-order chi connectivity index (χ0) is 10.9. The van der Waals surface area contributed by atoms with Crippen LogP contribution in [0.25, 0.3) is 0 Å². The lowest BCUT2D eigenvalue weighted by atomic mass is 9.96. The van der Waals surface area contributed by atoms with Gasteiger partial charge in [0.15, 0.2) is 0 Å². The van der Waals surface area contributed by atoms with E-state index in [1.807, 2.05) is 0 Å². The summed E-state index contributed by atoms with van der Waals surface area (Å²) >= 11 is 2.14. The summed E-state index contributed by atoms with van der Waals surface area (Å²) in [7, 11) is 0.